The molecular formula is F3FeTi. The van der Waals surface area contributed by atoms with Gasteiger partial charge in [-0.1, -0.05) is 0 Å². The van der Waals surface area contributed by atoms with Gasteiger partial charge in [0.1, 0.15) is 0 Å². The summed E-state index contributed by atoms with van der Waals surface area (Å²) >= 11 is -4.25. The monoisotopic (exact) mass is 161 g/mol. The van der Waals surface area contributed by atoms with E-state index in [4.69, 9.17) is 0 Å². The van der Waals surface area contributed by atoms with Crippen LogP contribution in [0.5, 0.6) is 0 Å². The van der Waals surface area contributed by atoms with Crippen LogP contribution in [-0.2, 0) is 37.0 Å². The fraction of sp³-hybridized carbons (Fsp3) is 0. The molecule has 0 unspecified atom stereocenters. The van der Waals surface area contributed by atoms with Crippen molar-refractivity contribution in [2.75, 3.05) is 0 Å². The summed E-state index contributed by atoms with van der Waals surface area (Å²) < 4.78 is 29.2. The molecule has 0 saturated heterocycles. The predicted octanol–water partition coefficient (Wildman–Crippen LogP) is 1.26. The van der Waals surface area contributed by atoms with Gasteiger partial charge in [-0.25, -0.2) is 0 Å². The van der Waals surface area contributed by atoms with E-state index in [1.165, 1.54) is 0 Å². The standard InChI is InChI=1S/3FH.Fe.Ti/h3*1H;;/q;;;+3;/p-3. The van der Waals surface area contributed by atoms with E-state index in [9.17, 15) is 10.7 Å². The molecule has 0 aromatic carbocycles. The largest absolute Gasteiger partial charge is 0 e. The minimum Gasteiger partial charge on any atom is 0 e. The van der Waals surface area contributed by atoms with Gasteiger partial charge in [0.15, 0.2) is 0 Å². The van der Waals surface area contributed by atoms with E-state index < -0.39 is 15.3 Å². The fourth-order valence-electron chi connectivity index (χ4n) is 0. The molecule has 0 aliphatic rings. The van der Waals surface area contributed by atoms with Crippen LogP contribution in [0.25, 0.3) is 0 Å². The van der Waals surface area contributed by atoms with Crippen LogP contribution in [0, 0.1) is 0 Å². The van der Waals surface area contributed by atoms with Gasteiger partial charge in [-0.05, 0) is 0 Å². The van der Waals surface area contributed by atoms with Crippen LogP contribution >= 0.6 is 0 Å². The normalized spacial score (nSPS) is 9.00. The molecule has 0 spiro atoms. The van der Waals surface area contributed by atoms with Gasteiger partial charge in [0.05, 0.1) is 0 Å². The van der Waals surface area contributed by atoms with Crippen LogP contribution in [0.3, 0.4) is 0 Å². The zero-order chi connectivity index (χ0) is 3.58. The van der Waals surface area contributed by atoms with Crippen LogP contribution in [0.2, 0.25) is 0 Å². The minimum atomic E-state index is -4.25. The molecule has 0 saturated carbocycles. The van der Waals surface area contributed by atoms with Crippen molar-refractivity contribution >= 4 is 0 Å². The maximum absolute atomic E-state index is 9.75. The molecule has 5 heavy (non-hydrogen) atoms. The topological polar surface area (TPSA) is 0 Å². The van der Waals surface area contributed by atoms with Crippen molar-refractivity contribution in [1.82, 2.24) is 0 Å². The number of hydrogen-bond acceptors (Lipinski definition) is 0. The summed E-state index contributed by atoms with van der Waals surface area (Å²) in [5.41, 5.74) is 0. The minimum absolute atomic E-state index is 0. The van der Waals surface area contributed by atoms with Crippen LogP contribution in [0.4, 0.5) is 10.7 Å². The van der Waals surface area contributed by atoms with Crippen molar-refractivity contribution in [1.29, 1.82) is 0 Å². The Morgan fingerprint density at radius 1 is 1.00 bits per heavy atom. The van der Waals surface area contributed by atoms with E-state index in [0.29, 0.717) is 0 Å². The summed E-state index contributed by atoms with van der Waals surface area (Å²) in [6.07, 6.45) is 0. The van der Waals surface area contributed by atoms with Crippen LogP contribution < -0.4 is 0 Å². The maximum atomic E-state index is 9.75. The Balaban J connectivity index is 0. The Morgan fingerprint density at radius 2 is 1.00 bits per heavy atom. The Labute approximate surface area is 47.9 Å². The van der Waals surface area contributed by atoms with Crippen molar-refractivity contribution in [3.8, 4) is 0 Å². The van der Waals surface area contributed by atoms with Crippen molar-refractivity contribution in [2.24, 2.45) is 0 Å². The zero-order valence-corrected chi connectivity index (χ0v) is 4.65. The molecule has 5 heteroatoms. The van der Waals surface area contributed by atoms with E-state index in [1.54, 1.807) is 0 Å². The molecule has 0 N–H and O–H groups in total. The van der Waals surface area contributed by atoms with Crippen molar-refractivity contribution < 1.29 is 47.6 Å². The molecule has 0 nitrogen and oxygen atoms in total. The number of rotatable bonds is 0. The van der Waals surface area contributed by atoms with E-state index in [1.807, 2.05) is 0 Å². The van der Waals surface area contributed by atoms with E-state index in [-0.39, 0.29) is 21.7 Å². The molecule has 0 aromatic rings. The Kier molecular flexibility index (Phi) is 9.43. The molecule has 0 heterocycles. The summed E-state index contributed by atoms with van der Waals surface area (Å²) in [7, 11) is 0. The molecule has 0 rings (SSSR count). The summed E-state index contributed by atoms with van der Waals surface area (Å²) in [6.45, 7) is 0. The summed E-state index contributed by atoms with van der Waals surface area (Å²) in [4.78, 5) is 0. The second-order valence-corrected chi connectivity index (χ2v) is 0.625. The molecule has 33 valence electrons. The van der Waals surface area contributed by atoms with Gasteiger partial charge < -0.3 is 0 Å². The smallest absolute Gasteiger partial charge is 0 e. The summed E-state index contributed by atoms with van der Waals surface area (Å²) in [6, 6.07) is 0. The molecule has 0 atom stereocenters. The van der Waals surface area contributed by atoms with Gasteiger partial charge in [-0.2, -0.15) is 0 Å². The number of halogens is 3. The average Bonchev–Trinajstić information content (AvgIpc) is 0.811. The van der Waals surface area contributed by atoms with Crippen LogP contribution in [0.1, 0.15) is 0 Å². The maximum Gasteiger partial charge on any atom is 0 e. The molecule has 0 bridgehead atoms. The quantitative estimate of drug-likeness (QED) is 0.468. The van der Waals surface area contributed by atoms with Crippen molar-refractivity contribution in [2.45, 2.75) is 0 Å². The SMILES string of the molecule is [F][Fe]([F])[F].[Ti]. The first-order chi connectivity index (χ1) is 1.73. The van der Waals surface area contributed by atoms with Crippen LogP contribution in [-0.4, -0.2) is 0 Å². The first-order valence-electron chi connectivity index (χ1n) is 0.401. The average molecular weight is 161 g/mol. The third kappa shape index (κ3) is 43.8. The molecule has 0 fully saturated rings. The van der Waals surface area contributed by atoms with Gasteiger partial charge >= 0.3 is 25.9 Å². The van der Waals surface area contributed by atoms with Gasteiger partial charge in [-0.15, -0.1) is 0 Å². The van der Waals surface area contributed by atoms with Gasteiger partial charge in [0.2, 0.25) is 0 Å². The molecule has 0 aliphatic carbocycles. The van der Waals surface area contributed by atoms with Crippen LogP contribution in [0.15, 0.2) is 0 Å². The van der Waals surface area contributed by atoms with Gasteiger partial charge in [-0.3, -0.25) is 0 Å². The third-order valence-corrected chi connectivity index (χ3v) is 0. The molecule has 0 amide bonds. The van der Waals surface area contributed by atoms with Crippen molar-refractivity contribution in [3.63, 3.8) is 0 Å². The Bertz CT molecular complexity index is 11.6. The van der Waals surface area contributed by atoms with Gasteiger partial charge in [0, 0.05) is 21.7 Å². The molecule has 0 radical (unpaired) electrons. The third-order valence-electron chi connectivity index (χ3n) is 0. The first-order valence-corrected chi connectivity index (χ1v) is 1.65. The summed E-state index contributed by atoms with van der Waals surface area (Å²) in [5, 5.41) is 0. The zero-order valence-electron chi connectivity index (χ0n) is 1.99. The number of hydrogen-bond donors (Lipinski definition) is 0. The second kappa shape index (κ2) is 5.02. The Hall–Kier alpha value is 1.02. The Morgan fingerprint density at radius 3 is 1.00 bits per heavy atom. The molecule has 0 aromatic heterocycles. The predicted molar refractivity (Wildman–Crippen MR) is 3.32 cm³/mol. The second-order valence-electron chi connectivity index (χ2n) is 0.152. The summed E-state index contributed by atoms with van der Waals surface area (Å²) in [5.74, 6) is 0. The molecular weight excluding hydrogens is 161 g/mol. The van der Waals surface area contributed by atoms with Gasteiger partial charge in [0.25, 0.3) is 0 Å². The van der Waals surface area contributed by atoms with E-state index in [0.717, 1.165) is 0 Å². The first kappa shape index (κ1) is 9.39. The molecule has 0 aliphatic heterocycles. The fourth-order valence-corrected chi connectivity index (χ4v) is 0. The van der Waals surface area contributed by atoms with Crippen molar-refractivity contribution in [3.05, 3.63) is 0 Å². The van der Waals surface area contributed by atoms with E-state index >= 15 is 0 Å². The van der Waals surface area contributed by atoms with E-state index in [2.05, 4.69) is 0 Å².